The molecular formula is C19H31ClN2O2. The van der Waals surface area contributed by atoms with Crippen LogP contribution in [-0.4, -0.2) is 25.1 Å². The van der Waals surface area contributed by atoms with Crippen molar-refractivity contribution < 1.29 is 9.53 Å². The molecular weight excluding hydrogens is 324 g/mol. The van der Waals surface area contributed by atoms with Crippen molar-refractivity contribution in [2.45, 2.75) is 53.0 Å². The number of carbonyl (C=O) groups excluding carboxylic acids is 1. The Morgan fingerprint density at radius 2 is 2.17 bits per heavy atom. The summed E-state index contributed by atoms with van der Waals surface area (Å²) in [6.45, 7) is 10.2. The van der Waals surface area contributed by atoms with E-state index < -0.39 is 0 Å². The summed E-state index contributed by atoms with van der Waals surface area (Å²) in [5.74, 6) is 1.70. The van der Waals surface area contributed by atoms with Crippen molar-refractivity contribution in [3.63, 3.8) is 0 Å². The largest absolute Gasteiger partial charge is 0.493 e. The van der Waals surface area contributed by atoms with E-state index in [1.165, 1.54) is 0 Å². The van der Waals surface area contributed by atoms with Gasteiger partial charge in [0, 0.05) is 23.7 Å². The van der Waals surface area contributed by atoms with E-state index in [0.717, 1.165) is 42.8 Å². The molecule has 2 rings (SSSR count). The third-order valence-electron chi connectivity index (χ3n) is 4.40. The molecule has 4 nitrogen and oxygen atoms in total. The van der Waals surface area contributed by atoms with Gasteiger partial charge < -0.3 is 15.4 Å². The predicted octanol–water partition coefficient (Wildman–Crippen LogP) is 4.17. The highest BCUT2D eigenvalue weighted by Crippen LogP contribution is 2.25. The maximum Gasteiger partial charge on any atom is 0.227 e. The fourth-order valence-electron chi connectivity index (χ4n) is 2.85. The molecule has 0 bridgehead atoms. The molecule has 136 valence electrons. The smallest absolute Gasteiger partial charge is 0.227 e. The van der Waals surface area contributed by atoms with Crippen molar-refractivity contribution in [1.82, 2.24) is 5.32 Å². The second-order valence-electron chi connectivity index (χ2n) is 7.08. The van der Waals surface area contributed by atoms with Gasteiger partial charge >= 0.3 is 0 Å². The van der Waals surface area contributed by atoms with E-state index in [2.05, 4.69) is 31.4 Å². The van der Waals surface area contributed by atoms with Crippen LogP contribution in [0.1, 0.15) is 45.6 Å². The van der Waals surface area contributed by atoms with Crippen LogP contribution in [0.4, 0.5) is 5.69 Å². The van der Waals surface area contributed by atoms with Gasteiger partial charge in [-0.2, -0.15) is 0 Å². The summed E-state index contributed by atoms with van der Waals surface area (Å²) in [6, 6.07) is 6.31. The van der Waals surface area contributed by atoms with E-state index in [4.69, 9.17) is 4.74 Å². The van der Waals surface area contributed by atoms with Crippen LogP contribution in [0.3, 0.4) is 0 Å². The fourth-order valence-corrected chi connectivity index (χ4v) is 2.85. The molecule has 1 aromatic carbocycles. The Kier molecular flexibility index (Phi) is 8.57. The van der Waals surface area contributed by atoms with E-state index in [9.17, 15) is 4.79 Å². The molecule has 1 fully saturated rings. The van der Waals surface area contributed by atoms with E-state index in [0.29, 0.717) is 18.6 Å². The molecule has 0 spiro atoms. The first-order chi connectivity index (χ1) is 11.0. The minimum atomic E-state index is 0. The number of anilines is 1. The summed E-state index contributed by atoms with van der Waals surface area (Å²) in [5.41, 5.74) is 1.92. The number of hydrogen-bond acceptors (Lipinski definition) is 3. The summed E-state index contributed by atoms with van der Waals surface area (Å²) in [7, 11) is 0. The molecule has 2 atom stereocenters. The normalized spacial score (nSPS) is 20.4. The SMILES string of the molecule is Cc1ccc(NC(=O)[C@H]2CCN[C@@H](C)C2)cc1OCCC(C)C.Cl. The zero-order valence-corrected chi connectivity index (χ0v) is 16.0. The highest BCUT2D eigenvalue weighted by Gasteiger charge is 2.24. The van der Waals surface area contributed by atoms with E-state index >= 15 is 0 Å². The topological polar surface area (TPSA) is 50.4 Å². The van der Waals surface area contributed by atoms with Crippen LogP contribution in [0.15, 0.2) is 18.2 Å². The van der Waals surface area contributed by atoms with Gasteiger partial charge in [0.15, 0.2) is 0 Å². The molecule has 1 aliphatic heterocycles. The summed E-state index contributed by atoms with van der Waals surface area (Å²) in [6.07, 6.45) is 2.83. The molecule has 1 saturated heterocycles. The highest BCUT2D eigenvalue weighted by molar-refractivity contribution is 5.92. The number of rotatable bonds is 6. The van der Waals surface area contributed by atoms with E-state index in [1.54, 1.807) is 0 Å². The quantitative estimate of drug-likeness (QED) is 0.806. The maximum absolute atomic E-state index is 12.4. The molecule has 1 heterocycles. The second kappa shape index (κ2) is 9.90. The van der Waals surface area contributed by atoms with Crippen LogP contribution in [-0.2, 0) is 4.79 Å². The molecule has 5 heteroatoms. The lowest BCUT2D eigenvalue weighted by Gasteiger charge is -2.27. The second-order valence-corrected chi connectivity index (χ2v) is 7.08. The van der Waals surface area contributed by atoms with Crippen molar-refractivity contribution >= 4 is 24.0 Å². The van der Waals surface area contributed by atoms with Gasteiger partial charge in [0.25, 0.3) is 0 Å². The van der Waals surface area contributed by atoms with Crippen molar-refractivity contribution in [2.75, 3.05) is 18.5 Å². The Bertz CT molecular complexity index is 534. The summed E-state index contributed by atoms with van der Waals surface area (Å²) in [4.78, 5) is 12.4. The molecule has 0 aliphatic carbocycles. The number of benzene rings is 1. The van der Waals surface area contributed by atoms with Gasteiger partial charge in [-0.25, -0.2) is 0 Å². The van der Waals surface area contributed by atoms with Gasteiger partial charge in [-0.05, 0) is 57.2 Å². The summed E-state index contributed by atoms with van der Waals surface area (Å²) < 4.78 is 5.87. The lowest BCUT2D eigenvalue weighted by Crippen LogP contribution is -2.40. The van der Waals surface area contributed by atoms with Crippen molar-refractivity contribution in [3.05, 3.63) is 23.8 Å². The Morgan fingerprint density at radius 3 is 2.83 bits per heavy atom. The highest BCUT2D eigenvalue weighted by atomic mass is 35.5. The van der Waals surface area contributed by atoms with Gasteiger partial charge in [0.2, 0.25) is 5.91 Å². The number of amides is 1. The van der Waals surface area contributed by atoms with Crippen LogP contribution >= 0.6 is 12.4 Å². The van der Waals surface area contributed by atoms with Gasteiger partial charge in [0.1, 0.15) is 5.75 Å². The first kappa shape index (κ1) is 20.8. The van der Waals surface area contributed by atoms with Crippen LogP contribution in [0.2, 0.25) is 0 Å². The summed E-state index contributed by atoms with van der Waals surface area (Å²) in [5, 5.41) is 6.43. The standard InChI is InChI=1S/C19H30N2O2.ClH/c1-13(2)8-10-23-18-12-17(6-5-14(18)3)21-19(22)16-7-9-20-15(4)11-16;/h5-6,12-13,15-16,20H,7-11H2,1-4H3,(H,21,22);1H/t15-,16-;/m0./s1. The third kappa shape index (κ3) is 6.33. The molecule has 1 aromatic rings. The molecule has 0 unspecified atom stereocenters. The lowest BCUT2D eigenvalue weighted by molar-refractivity contribution is -0.120. The molecule has 0 radical (unpaired) electrons. The number of aryl methyl sites for hydroxylation is 1. The number of piperidine rings is 1. The molecule has 1 amide bonds. The molecule has 1 aliphatic rings. The number of halogens is 1. The Balaban J connectivity index is 0.00000288. The first-order valence-electron chi connectivity index (χ1n) is 8.73. The van der Waals surface area contributed by atoms with Crippen molar-refractivity contribution in [2.24, 2.45) is 11.8 Å². The maximum atomic E-state index is 12.4. The van der Waals surface area contributed by atoms with Gasteiger partial charge in [-0.1, -0.05) is 19.9 Å². The van der Waals surface area contributed by atoms with Crippen LogP contribution in [0, 0.1) is 18.8 Å². The minimum absolute atomic E-state index is 0. The third-order valence-corrected chi connectivity index (χ3v) is 4.40. The van der Waals surface area contributed by atoms with Crippen molar-refractivity contribution in [1.29, 1.82) is 0 Å². The molecule has 2 N–H and O–H groups in total. The summed E-state index contributed by atoms with van der Waals surface area (Å²) >= 11 is 0. The Morgan fingerprint density at radius 1 is 1.42 bits per heavy atom. The van der Waals surface area contributed by atoms with E-state index in [-0.39, 0.29) is 24.2 Å². The molecule has 0 saturated carbocycles. The number of carbonyl (C=O) groups is 1. The Labute approximate surface area is 152 Å². The van der Waals surface area contributed by atoms with Crippen LogP contribution in [0.25, 0.3) is 0 Å². The number of hydrogen-bond donors (Lipinski definition) is 2. The number of nitrogens with one attached hydrogen (secondary N) is 2. The van der Waals surface area contributed by atoms with Crippen LogP contribution < -0.4 is 15.4 Å². The van der Waals surface area contributed by atoms with Gasteiger partial charge in [-0.15, -0.1) is 12.4 Å². The van der Waals surface area contributed by atoms with E-state index in [1.807, 2.05) is 25.1 Å². The number of ether oxygens (including phenoxy) is 1. The zero-order valence-electron chi connectivity index (χ0n) is 15.2. The average Bonchev–Trinajstić information content (AvgIpc) is 2.50. The first-order valence-corrected chi connectivity index (χ1v) is 8.73. The minimum Gasteiger partial charge on any atom is -0.493 e. The fraction of sp³-hybridized carbons (Fsp3) is 0.632. The average molecular weight is 355 g/mol. The monoisotopic (exact) mass is 354 g/mol. The Hall–Kier alpha value is -1.26. The lowest BCUT2D eigenvalue weighted by atomic mass is 9.92. The van der Waals surface area contributed by atoms with Gasteiger partial charge in [0.05, 0.1) is 6.61 Å². The molecule has 0 aromatic heterocycles. The van der Waals surface area contributed by atoms with Crippen molar-refractivity contribution in [3.8, 4) is 5.75 Å². The van der Waals surface area contributed by atoms with Gasteiger partial charge in [-0.3, -0.25) is 4.79 Å². The van der Waals surface area contributed by atoms with Crippen LogP contribution in [0.5, 0.6) is 5.75 Å². The zero-order chi connectivity index (χ0) is 16.8. The molecule has 24 heavy (non-hydrogen) atoms. The predicted molar refractivity (Wildman–Crippen MR) is 102 cm³/mol.